The van der Waals surface area contributed by atoms with Crippen LogP contribution < -0.4 is 0 Å². The van der Waals surface area contributed by atoms with E-state index in [4.69, 9.17) is 11.6 Å². The molecule has 6 heteroatoms. The van der Waals surface area contributed by atoms with Crippen LogP contribution in [0.25, 0.3) is 0 Å². The van der Waals surface area contributed by atoms with Crippen molar-refractivity contribution in [3.05, 3.63) is 22.7 Å². The summed E-state index contributed by atoms with van der Waals surface area (Å²) in [6.07, 6.45) is -0.452. The van der Waals surface area contributed by atoms with Crippen molar-refractivity contribution in [1.82, 2.24) is 9.97 Å². The van der Waals surface area contributed by atoms with E-state index in [0.29, 0.717) is 11.3 Å². The summed E-state index contributed by atoms with van der Waals surface area (Å²) < 4.78 is 0. The van der Waals surface area contributed by atoms with Gasteiger partial charge in [0.2, 0.25) is 5.28 Å². The molecule has 1 aromatic heterocycles. The van der Waals surface area contributed by atoms with Crippen LogP contribution in [0.1, 0.15) is 17.4 Å². The summed E-state index contributed by atoms with van der Waals surface area (Å²) in [5, 5.41) is 19.5. The highest BCUT2D eigenvalue weighted by Crippen LogP contribution is 2.20. The molecule has 0 radical (unpaired) electrons. The first kappa shape index (κ1) is 11.8. The fourth-order valence-electron chi connectivity index (χ4n) is 1.03. The van der Waals surface area contributed by atoms with Crippen LogP contribution >= 0.6 is 27.5 Å². The molecular weight excluding hydrogens is 271 g/mol. The molecule has 0 saturated heterocycles. The summed E-state index contributed by atoms with van der Waals surface area (Å²) in [4.78, 5) is 7.62. The maximum absolute atomic E-state index is 9.66. The maximum Gasteiger partial charge on any atom is 0.222 e. The van der Waals surface area contributed by atoms with E-state index in [0.717, 1.165) is 0 Å². The normalized spacial score (nSPS) is 15.2. The van der Waals surface area contributed by atoms with E-state index in [-0.39, 0.29) is 10.6 Å². The van der Waals surface area contributed by atoms with Gasteiger partial charge in [-0.15, -0.1) is 0 Å². The second-order valence-electron chi connectivity index (χ2n) is 2.85. The second kappa shape index (κ2) is 5.02. The number of alkyl halides is 1. The lowest BCUT2D eigenvalue weighted by atomic mass is 10.1. The minimum absolute atomic E-state index is 0.131. The molecule has 0 aliphatic rings. The third kappa shape index (κ3) is 2.63. The third-order valence-electron chi connectivity index (χ3n) is 1.83. The molecule has 1 aromatic rings. The topological polar surface area (TPSA) is 66.2 Å². The van der Waals surface area contributed by atoms with Crippen molar-refractivity contribution in [3.8, 4) is 0 Å². The summed E-state index contributed by atoms with van der Waals surface area (Å²) in [5.41, 5.74) is 1.05. The number of halogens is 2. The van der Waals surface area contributed by atoms with Crippen molar-refractivity contribution in [1.29, 1.82) is 0 Å². The molecule has 0 aliphatic heterocycles. The zero-order valence-corrected chi connectivity index (χ0v) is 9.83. The lowest BCUT2D eigenvalue weighted by Crippen LogP contribution is -2.20. The van der Waals surface area contributed by atoms with E-state index in [1.807, 2.05) is 0 Å². The van der Waals surface area contributed by atoms with Gasteiger partial charge in [0.15, 0.2) is 0 Å². The number of hydrogen-bond acceptors (Lipinski definition) is 4. The molecule has 0 aromatic carbocycles. The second-order valence-corrected chi connectivity index (χ2v) is 3.83. The monoisotopic (exact) mass is 280 g/mol. The Morgan fingerprint density at radius 2 is 2.21 bits per heavy atom. The van der Waals surface area contributed by atoms with Crippen LogP contribution in [0.5, 0.6) is 0 Å². The number of aryl methyl sites for hydroxylation is 1. The highest BCUT2D eigenvalue weighted by molar-refractivity contribution is 9.09. The van der Waals surface area contributed by atoms with Gasteiger partial charge in [0, 0.05) is 22.8 Å². The van der Waals surface area contributed by atoms with Gasteiger partial charge in [0.1, 0.15) is 6.10 Å². The number of hydrogen-bond donors (Lipinski definition) is 2. The summed E-state index contributed by atoms with van der Waals surface area (Å²) in [6.45, 7) is 1.70. The molecule has 1 rings (SSSR count). The van der Waals surface area contributed by atoms with Gasteiger partial charge in [0.05, 0.1) is 6.10 Å². The van der Waals surface area contributed by atoms with E-state index >= 15 is 0 Å². The van der Waals surface area contributed by atoms with Crippen molar-refractivity contribution in [2.75, 3.05) is 5.33 Å². The molecule has 0 fully saturated rings. The number of aliphatic hydroxyl groups excluding tert-OH is 2. The molecule has 2 atom stereocenters. The molecule has 0 bridgehead atoms. The van der Waals surface area contributed by atoms with Crippen LogP contribution in [0.4, 0.5) is 0 Å². The first-order chi connectivity index (χ1) is 6.56. The zero-order chi connectivity index (χ0) is 10.7. The van der Waals surface area contributed by atoms with Gasteiger partial charge < -0.3 is 10.2 Å². The fourth-order valence-corrected chi connectivity index (χ4v) is 1.56. The van der Waals surface area contributed by atoms with E-state index in [1.165, 1.54) is 6.20 Å². The predicted octanol–water partition coefficient (Wildman–Crippen LogP) is 1.23. The minimum atomic E-state index is -0.994. The Bertz CT molecular complexity index is 324. The van der Waals surface area contributed by atoms with Gasteiger partial charge in [-0.1, -0.05) is 15.9 Å². The Morgan fingerprint density at radius 3 is 2.71 bits per heavy atom. The number of aliphatic hydroxyl groups is 2. The summed E-state index contributed by atoms with van der Waals surface area (Å²) in [5.74, 6) is 0. The summed E-state index contributed by atoms with van der Waals surface area (Å²) >= 11 is 8.63. The molecule has 1 heterocycles. The Kier molecular flexibility index (Phi) is 4.25. The number of rotatable bonds is 3. The van der Waals surface area contributed by atoms with Crippen LogP contribution in [0.3, 0.4) is 0 Å². The summed E-state index contributed by atoms with van der Waals surface area (Å²) in [6, 6.07) is 0. The molecule has 4 nitrogen and oxygen atoms in total. The molecule has 0 saturated carbocycles. The SMILES string of the molecule is Cc1nc(Cl)ncc1C(O)C(O)CBr. The lowest BCUT2D eigenvalue weighted by molar-refractivity contribution is 0.0334. The Labute approximate surface area is 95.1 Å². The number of aromatic nitrogens is 2. The lowest BCUT2D eigenvalue weighted by Gasteiger charge is -2.16. The Hall–Kier alpha value is -0.230. The first-order valence-electron chi connectivity index (χ1n) is 3.97. The van der Waals surface area contributed by atoms with E-state index in [1.54, 1.807) is 6.92 Å². The first-order valence-corrected chi connectivity index (χ1v) is 5.47. The van der Waals surface area contributed by atoms with E-state index in [9.17, 15) is 10.2 Å². The van der Waals surface area contributed by atoms with Crippen molar-refractivity contribution < 1.29 is 10.2 Å². The molecule has 0 spiro atoms. The van der Waals surface area contributed by atoms with Crippen LogP contribution in [0, 0.1) is 6.92 Å². The number of nitrogens with zero attached hydrogens (tertiary/aromatic N) is 2. The average molecular weight is 282 g/mol. The molecule has 78 valence electrons. The highest BCUT2D eigenvalue weighted by atomic mass is 79.9. The smallest absolute Gasteiger partial charge is 0.222 e. The summed E-state index contributed by atoms with van der Waals surface area (Å²) in [7, 11) is 0. The van der Waals surface area contributed by atoms with Crippen molar-refractivity contribution >= 4 is 27.5 Å². The minimum Gasteiger partial charge on any atom is -0.389 e. The van der Waals surface area contributed by atoms with E-state index in [2.05, 4.69) is 25.9 Å². The van der Waals surface area contributed by atoms with E-state index < -0.39 is 12.2 Å². The Morgan fingerprint density at radius 1 is 1.57 bits per heavy atom. The van der Waals surface area contributed by atoms with Gasteiger partial charge in [-0.25, -0.2) is 9.97 Å². The van der Waals surface area contributed by atoms with Gasteiger partial charge in [-0.3, -0.25) is 0 Å². The largest absolute Gasteiger partial charge is 0.389 e. The van der Waals surface area contributed by atoms with Gasteiger partial charge in [-0.2, -0.15) is 0 Å². The molecule has 0 amide bonds. The quantitative estimate of drug-likeness (QED) is 0.646. The fraction of sp³-hybridized carbons (Fsp3) is 0.500. The standard InChI is InChI=1S/C8H10BrClN2O2/c1-4-5(3-11-8(10)12-4)7(14)6(13)2-9/h3,6-7,13-14H,2H2,1H3. The zero-order valence-electron chi connectivity index (χ0n) is 7.48. The van der Waals surface area contributed by atoms with Crippen molar-refractivity contribution in [2.45, 2.75) is 19.1 Å². The van der Waals surface area contributed by atoms with Crippen molar-refractivity contribution in [3.63, 3.8) is 0 Å². The Balaban J connectivity index is 2.95. The van der Waals surface area contributed by atoms with Crippen molar-refractivity contribution in [2.24, 2.45) is 0 Å². The maximum atomic E-state index is 9.66. The average Bonchev–Trinajstić information content (AvgIpc) is 2.15. The van der Waals surface area contributed by atoms with Gasteiger partial charge in [-0.05, 0) is 18.5 Å². The van der Waals surface area contributed by atoms with Crippen LogP contribution in [0.15, 0.2) is 6.20 Å². The molecule has 2 N–H and O–H groups in total. The van der Waals surface area contributed by atoms with Crippen LogP contribution in [0.2, 0.25) is 5.28 Å². The predicted molar refractivity (Wildman–Crippen MR) is 56.5 cm³/mol. The molecule has 2 unspecified atom stereocenters. The van der Waals surface area contributed by atoms with Gasteiger partial charge in [0.25, 0.3) is 0 Å². The molecular formula is C8H10BrClN2O2. The van der Waals surface area contributed by atoms with Gasteiger partial charge >= 0.3 is 0 Å². The highest BCUT2D eigenvalue weighted by Gasteiger charge is 2.20. The van der Waals surface area contributed by atoms with Crippen LogP contribution in [-0.2, 0) is 0 Å². The molecule has 14 heavy (non-hydrogen) atoms. The third-order valence-corrected chi connectivity index (χ3v) is 2.67. The van der Waals surface area contributed by atoms with Crippen LogP contribution in [-0.4, -0.2) is 31.6 Å². The molecule has 0 aliphatic carbocycles.